The van der Waals surface area contributed by atoms with Crippen molar-refractivity contribution in [3.05, 3.63) is 40.4 Å². The second kappa shape index (κ2) is 5.83. The third-order valence-corrected chi connectivity index (χ3v) is 2.80. The van der Waals surface area contributed by atoms with E-state index in [0.717, 1.165) is 10.0 Å². The van der Waals surface area contributed by atoms with Crippen LogP contribution in [0.2, 0.25) is 0 Å². The zero-order valence-corrected chi connectivity index (χ0v) is 11.9. The van der Waals surface area contributed by atoms with Gasteiger partial charge >= 0.3 is 5.97 Å². The van der Waals surface area contributed by atoms with Crippen molar-refractivity contribution in [3.8, 4) is 0 Å². The predicted molar refractivity (Wildman–Crippen MR) is 73.6 cm³/mol. The Morgan fingerprint density at radius 3 is 3.00 bits per heavy atom. The van der Waals surface area contributed by atoms with Crippen molar-refractivity contribution >= 4 is 27.6 Å². The molecule has 2 rings (SSSR count). The topological polar surface area (TPSA) is 83.0 Å². The van der Waals surface area contributed by atoms with Crippen molar-refractivity contribution in [2.75, 3.05) is 12.3 Å². The van der Waals surface area contributed by atoms with Crippen LogP contribution in [0, 0.1) is 0 Å². The number of rotatable bonds is 4. The van der Waals surface area contributed by atoms with Crippen LogP contribution in [0.15, 0.2) is 29.1 Å². The normalized spacial score (nSPS) is 10.4. The fourth-order valence-electron chi connectivity index (χ4n) is 1.61. The van der Waals surface area contributed by atoms with Crippen LogP contribution in [0.1, 0.15) is 23.0 Å². The highest BCUT2D eigenvalue weighted by Crippen LogP contribution is 2.14. The van der Waals surface area contributed by atoms with E-state index in [4.69, 9.17) is 10.5 Å². The summed E-state index contributed by atoms with van der Waals surface area (Å²) in [4.78, 5) is 15.7. The molecule has 6 nitrogen and oxygen atoms in total. The lowest BCUT2D eigenvalue weighted by molar-refractivity contribution is 0.0519. The maximum absolute atomic E-state index is 11.6. The van der Waals surface area contributed by atoms with Gasteiger partial charge in [-0.15, -0.1) is 0 Å². The number of aromatic nitrogens is 3. The van der Waals surface area contributed by atoms with Crippen molar-refractivity contribution in [3.63, 3.8) is 0 Å². The van der Waals surface area contributed by atoms with E-state index in [1.165, 1.54) is 0 Å². The predicted octanol–water partition coefficient (Wildman–Crippen LogP) is 1.85. The van der Waals surface area contributed by atoms with Crippen LogP contribution in [0.3, 0.4) is 0 Å². The Hall–Kier alpha value is -1.89. The third-order valence-electron chi connectivity index (χ3n) is 2.36. The summed E-state index contributed by atoms with van der Waals surface area (Å²) >= 11 is 3.35. The standard InChI is InChI=1S/C12H13BrN4O2/c1-2-19-12(18)11-10(14)7-17(16-11)6-8-3-9(13)5-15-4-8/h3-5,7H,2,6,14H2,1H3. The van der Waals surface area contributed by atoms with Gasteiger partial charge in [0.15, 0.2) is 5.69 Å². The molecule has 2 aromatic heterocycles. The quantitative estimate of drug-likeness (QED) is 0.868. The van der Waals surface area contributed by atoms with E-state index in [1.807, 2.05) is 6.07 Å². The Kier molecular flexibility index (Phi) is 4.16. The van der Waals surface area contributed by atoms with Crippen molar-refractivity contribution in [1.82, 2.24) is 14.8 Å². The highest BCUT2D eigenvalue weighted by atomic mass is 79.9. The van der Waals surface area contributed by atoms with Crippen LogP contribution in [-0.4, -0.2) is 27.3 Å². The van der Waals surface area contributed by atoms with Gasteiger partial charge < -0.3 is 10.5 Å². The van der Waals surface area contributed by atoms with Gasteiger partial charge in [-0.1, -0.05) is 0 Å². The van der Waals surface area contributed by atoms with Crippen LogP contribution in [0.5, 0.6) is 0 Å². The number of carbonyl (C=O) groups is 1. The Balaban J connectivity index is 2.18. The lowest BCUT2D eigenvalue weighted by Crippen LogP contribution is -2.09. The van der Waals surface area contributed by atoms with Gasteiger partial charge in [0, 0.05) is 23.1 Å². The molecule has 0 saturated carbocycles. The molecule has 2 heterocycles. The van der Waals surface area contributed by atoms with Crippen LogP contribution in [0.25, 0.3) is 0 Å². The van der Waals surface area contributed by atoms with E-state index >= 15 is 0 Å². The monoisotopic (exact) mass is 324 g/mol. The average molecular weight is 325 g/mol. The van der Waals surface area contributed by atoms with Crippen molar-refractivity contribution in [2.45, 2.75) is 13.5 Å². The summed E-state index contributed by atoms with van der Waals surface area (Å²) in [6, 6.07) is 1.93. The first-order valence-corrected chi connectivity index (χ1v) is 6.49. The smallest absolute Gasteiger partial charge is 0.361 e. The first-order valence-electron chi connectivity index (χ1n) is 5.69. The maximum atomic E-state index is 11.6. The molecule has 100 valence electrons. The molecule has 0 atom stereocenters. The lowest BCUT2D eigenvalue weighted by atomic mass is 10.3. The maximum Gasteiger partial charge on any atom is 0.361 e. The molecule has 0 aliphatic carbocycles. The molecule has 0 saturated heterocycles. The van der Waals surface area contributed by atoms with Crippen molar-refractivity contribution < 1.29 is 9.53 Å². The zero-order chi connectivity index (χ0) is 13.8. The molecule has 7 heteroatoms. The van der Waals surface area contributed by atoms with Gasteiger partial charge in [-0.3, -0.25) is 9.67 Å². The largest absolute Gasteiger partial charge is 0.461 e. The summed E-state index contributed by atoms with van der Waals surface area (Å²) in [6.45, 7) is 2.51. The second-order valence-electron chi connectivity index (χ2n) is 3.86. The molecule has 2 aromatic rings. The number of nitrogen functional groups attached to an aromatic ring is 1. The molecule has 0 aliphatic rings. The molecule has 0 amide bonds. The fourth-order valence-corrected chi connectivity index (χ4v) is 2.02. The number of halogens is 1. The van der Waals surface area contributed by atoms with E-state index in [0.29, 0.717) is 18.8 Å². The van der Waals surface area contributed by atoms with E-state index < -0.39 is 5.97 Å². The number of nitrogens with zero attached hydrogens (tertiary/aromatic N) is 3. The zero-order valence-electron chi connectivity index (χ0n) is 10.3. The Morgan fingerprint density at radius 1 is 1.53 bits per heavy atom. The fraction of sp³-hybridized carbons (Fsp3) is 0.250. The summed E-state index contributed by atoms with van der Waals surface area (Å²) in [5.74, 6) is -0.508. The van der Waals surface area contributed by atoms with Gasteiger partial charge in [-0.05, 0) is 34.5 Å². The molecule has 0 aliphatic heterocycles. The Morgan fingerprint density at radius 2 is 2.32 bits per heavy atom. The number of carbonyl (C=O) groups excluding carboxylic acids is 1. The number of ether oxygens (including phenoxy) is 1. The van der Waals surface area contributed by atoms with E-state index in [-0.39, 0.29) is 5.69 Å². The molecule has 0 aromatic carbocycles. The van der Waals surface area contributed by atoms with E-state index in [1.54, 1.807) is 30.2 Å². The SMILES string of the molecule is CCOC(=O)c1nn(Cc2cncc(Br)c2)cc1N. The average Bonchev–Trinajstić information content (AvgIpc) is 2.70. The Bertz CT molecular complexity index is 597. The number of hydrogen-bond donors (Lipinski definition) is 1. The minimum Gasteiger partial charge on any atom is -0.461 e. The molecule has 0 bridgehead atoms. The van der Waals surface area contributed by atoms with E-state index in [2.05, 4.69) is 26.0 Å². The van der Waals surface area contributed by atoms with Crippen LogP contribution in [-0.2, 0) is 11.3 Å². The lowest BCUT2D eigenvalue weighted by Gasteiger charge is -2.01. The molecule has 0 spiro atoms. The third kappa shape index (κ3) is 3.31. The van der Waals surface area contributed by atoms with Crippen molar-refractivity contribution in [1.29, 1.82) is 0 Å². The minimum absolute atomic E-state index is 0.143. The van der Waals surface area contributed by atoms with Crippen LogP contribution >= 0.6 is 15.9 Å². The summed E-state index contributed by atoms with van der Waals surface area (Å²) < 4.78 is 7.35. The number of esters is 1. The van der Waals surface area contributed by atoms with Gasteiger partial charge in [0.2, 0.25) is 0 Å². The minimum atomic E-state index is -0.508. The molecule has 0 unspecified atom stereocenters. The number of hydrogen-bond acceptors (Lipinski definition) is 5. The molecule has 19 heavy (non-hydrogen) atoms. The first kappa shape index (κ1) is 13.5. The van der Waals surface area contributed by atoms with Crippen molar-refractivity contribution in [2.24, 2.45) is 0 Å². The highest BCUT2D eigenvalue weighted by Gasteiger charge is 2.15. The molecular weight excluding hydrogens is 312 g/mol. The van der Waals surface area contributed by atoms with Gasteiger partial charge in [-0.2, -0.15) is 5.10 Å². The molecule has 2 N–H and O–H groups in total. The van der Waals surface area contributed by atoms with Gasteiger partial charge in [0.05, 0.1) is 18.8 Å². The number of pyridine rings is 1. The van der Waals surface area contributed by atoms with Crippen LogP contribution < -0.4 is 5.73 Å². The number of nitrogens with two attached hydrogens (primary N) is 1. The summed E-state index contributed by atoms with van der Waals surface area (Å²) in [5, 5.41) is 4.13. The molecular formula is C12H13BrN4O2. The molecule has 0 fully saturated rings. The van der Waals surface area contributed by atoms with Gasteiger partial charge in [0.1, 0.15) is 0 Å². The number of anilines is 1. The highest BCUT2D eigenvalue weighted by molar-refractivity contribution is 9.10. The summed E-state index contributed by atoms with van der Waals surface area (Å²) in [6.07, 6.45) is 5.03. The summed E-state index contributed by atoms with van der Waals surface area (Å²) in [5.41, 5.74) is 7.15. The first-order chi connectivity index (χ1) is 9.10. The van der Waals surface area contributed by atoms with Crippen LogP contribution in [0.4, 0.5) is 5.69 Å². The summed E-state index contributed by atoms with van der Waals surface area (Å²) in [7, 11) is 0. The molecule has 0 radical (unpaired) electrons. The van der Waals surface area contributed by atoms with E-state index in [9.17, 15) is 4.79 Å². The Labute approximate surface area is 118 Å². The second-order valence-corrected chi connectivity index (χ2v) is 4.78. The van der Waals surface area contributed by atoms with Gasteiger partial charge in [0.25, 0.3) is 0 Å². The van der Waals surface area contributed by atoms with Gasteiger partial charge in [-0.25, -0.2) is 4.79 Å².